The van der Waals surface area contributed by atoms with Crippen LogP contribution in [-0.2, 0) is 6.54 Å². The molecule has 0 aliphatic carbocycles. The fourth-order valence-corrected chi connectivity index (χ4v) is 1.26. The van der Waals surface area contributed by atoms with E-state index in [-0.39, 0.29) is 0 Å². The van der Waals surface area contributed by atoms with E-state index in [1.165, 1.54) is 0 Å². The standard InChI is InChI=1S/C11H20N4O/c1-7(2)5-13-11(12)14-6-10-8(3)15-16-9(10)4/h7H,5-6H2,1-4H3,(H3,12,13,14). The van der Waals surface area contributed by atoms with Gasteiger partial charge in [0, 0.05) is 12.1 Å². The summed E-state index contributed by atoms with van der Waals surface area (Å²) in [6.45, 7) is 9.36. The summed E-state index contributed by atoms with van der Waals surface area (Å²) in [5.41, 5.74) is 7.61. The number of guanidine groups is 1. The van der Waals surface area contributed by atoms with Gasteiger partial charge >= 0.3 is 0 Å². The molecule has 0 aliphatic heterocycles. The van der Waals surface area contributed by atoms with Gasteiger partial charge in [0.05, 0.1) is 12.2 Å². The number of nitrogens with two attached hydrogens (primary N) is 1. The highest BCUT2D eigenvalue weighted by Gasteiger charge is 2.07. The monoisotopic (exact) mass is 224 g/mol. The maximum atomic E-state index is 5.73. The predicted molar refractivity (Wildman–Crippen MR) is 64.1 cm³/mol. The average Bonchev–Trinajstić information content (AvgIpc) is 2.53. The van der Waals surface area contributed by atoms with Crippen molar-refractivity contribution in [2.45, 2.75) is 34.2 Å². The molecule has 5 nitrogen and oxygen atoms in total. The van der Waals surface area contributed by atoms with E-state index in [0.29, 0.717) is 18.4 Å². The van der Waals surface area contributed by atoms with Gasteiger partial charge in [-0.3, -0.25) is 0 Å². The van der Waals surface area contributed by atoms with Gasteiger partial charge < -0.3 is 15.6 Å². The van der Waals surface area contributed by atoms with E-state index < -0.39 is 0 Å². The maximum absolute atomic E-state index is 5.73. The van der Waals surface area contributed by atoms with Gasteiger partial charge in [-0.1, -0.05) is 19.0 Å². The summed E-state index contributed by atoms with van der Waals surface area (Å²) in [7, 11) is 0. The number of rotatable bonds is 4. The second-order valence-electron chi connectivity index (χ2n) is 4.28. The van der Waals surface area contributed by atoms with Crippen LogP contribution in [0.2, 0.25) is 0 Å². The quantitative estimate of drug-likeness (QED) is 0.598. The Bertz CT molecular complexity index is 349. The number of aryl methyl sites for hydroxylation is 2. The van der Waals surface area contributed by atoms with Crippen LogP contribution in [-0.4, -0.2) is 17.7 Å². The van der Waals surface area contributed by atoms with Crippen molar-refractivity contribution in [2.24, 2.45) is 16.6 Å². The molecule has 3 N–H and O–H groups in total. The Kier molecular flexibility index (Phi) is 4.34. The topological polar surface area (TPSA) is 76.4 Å². The highest BCUT2D eigenvalue weighted by atomic mass is 16.5. The van der Waals surface area contributed by atoms with Gasteiger partial charge in [-0.05, 0) is 19.8 Å². The molecule has 0 spiro atoms. The highest BCUT2D eigenvalue weighted by Crippen LogP contribution is 2.12. The summed E-state index contributed by atoms with van der Waals surface area (Å²) in [5.74, 6) is 1.82. The fourth-order valence-electron chi connectivity index (χ4n) is 1.26. The molecule has 90 valence electrons. The first-order valence-electron chi connectivity index (χ1n) is 5.46. The molecule has 0 fully saturated rings. The molecule has 0 atom stereocenters. The summed E-state index contributed by atoms with van der Waals surface area (Å²) < 4.78 is 5.05. The normalized spacial score (nSPS) is 12.2. The van der Waals surface area contributed by atoms with Gasteiger partial charge in [-0.25, -0.2) is 4.99 Å². The van der Waals surface area contributed by atoms with Crippen molar-refractivity contribution in [3.8, 4) is 0 Å². The zero-order chi connectivity index (χ0) is 12.1. The Labute approximate surface area is 96.1 Å². The number of aromatic nitrogens is 1. The van der Waals surface area contributed by atoms with Gasteiger partial charge in [0.2, 0.25) is 0 Å². The van der Waals surface area contributed by atoms with E-state index in [0.717, 1.165) is 23.6 Å². The van der Waals surface area contributed by atoms with E-state index in [2.05, 4.69) is 29.3 Å². The van der Waals surface area contributed by atoms with Crippen LogP contribution in [0.3, 0.4) is 0 Å². The zero-order valence-corrected chi connectivity index (χ0v) is 10.4. The van der Waals surface area contributed by atoms with Crippen LogP contribution in [0, 0.1) is 19.8 Å². The minimum atomic E-state index is 0.466. The summed E-state index contributed by atoms with van der Waals surface area (Å²) in [4.78, 5) is 4.24. The number of nitrogens with one attached hydrogen (secondary N) is 1. The van der Waals surface area contributed by atoms with E-state index in [1.54, 1.807) is 0 Å². The summed E-state index contributed by atoms with van der Waals surface area (Å²) in [5, 5.41) is 6.92. The van der Waals surface area contributed by atoms with Crippen LogP contribution in [0.5, 0.6) is 0 Å². The lowest BCUT2D eigenvalue weighted by molar-refractivity contribution is 0.392. The Morgan fingerprint density at radius 3 is 2.69 bits per heavy atom. The first kappa shape index (κ1) is 12.5. The van der Waals surface area contributed by atoms with Crippen molar-refractivity contribution < 1.29 is 4.52 Å². The molecule has 0 bridgehead atoms. The number of aliphatic imine (C=N–C) groups is 1. The lowest BCUT2D eigenvalue weighted by atomic mass is 10.2. The minimum absolute atomic E-state index is 0.466. The molecule has 0 saturated carbocycles. The number of nitrogens with zero attached hydrogens (tertiary/aromatic N) is 2. The van der Waals surface area contributed by atoms with E-state index in [4.69, 9.17) is 10.3 Å². The third-order valence-electron chi connectivity index (χ3n) is 2.28. The number of hydrogen-bond donors (Lipinski definition) is 2. The van der Waals surface area contributed by atoms with E-state index in [1.807, 2.05) is 13.8 Å². The van der Waals surface area contributed by atoms with Gasteiger partial charge in [-0.2, -0.15) is 0 Å². The molecule has 0 saturated heterocycles. The van der Waals surface area contributed by atoms with Gasteiger partial charge in [0.15, 0.2) is 5.96 Å². The molecule has 1 heterocycles. The van der Waals surface area contributed by atoms with Crippen LogP contribution in [0.1, 0.15) is 30.9 Å². The van der Waals surface area contributed by atoms with Crippen molar-refractivity contribution in [2.75, 3.05) is 6.54 Å². The van der Waals surface area contributed by atoms with Crippen LogP contribution in [0.4, 0.5) is 0 Å². The number of hydrogen-bond acceptors (Lipinski definition) is 3. The van der Waals surface area contributed by atoms with E-state index >= 15 is 0 Å². The Morgan fingerprint density at radius 1 is 1.50 bits per heavy atom. The smallest absolute Gasteiger partial charge is 0.188 e. The Hall–Kier alpha value is -1.52. The van der Waals surface area contributed by atoms with Crippen LogP contribution in [0.15, 0.2) is 9.52 Å². The maximum Gasteiger partial charge on any atom is 0.188 e. The van der Waals surface area contributed by atoms with Crippen LogP contribution < -0.4 is 11.1 Å². The summed E-state index contributed by atoms with van der Waals surface area (Å²) >= 11 is 0. The van der Waals surface area contributed by atoms with Crippen LogP contribution >= 0.6 is 0 Å². The van der Waals surface area contributed by atoms with Crippen molar-refractivity contribution in [3.05, 3.63) is 17.0 Å². The molecule has 0 unspecified atom stereocenters. The highest BCUT2D eigenvalue weighted by molar-refractivity contribution is 5.77. The molecule has 1 aromatic heterocycles. The molecular formula is C11H20N4O. The predicted octanol–water partition coefficient (Wildman–Crippen LogP) is 1.35. The molecule has 16 heavy (non-hydrogen) atoms. The zero-order valence-electron chi connectivity index (χ0n) is 10.4. The van der Waals surface area contributed by atoms with Crippen molar-refractivity contribution >= 4 is 5.96 Å². The molecule has 0 aromatic carbocycles. The van der Waals surface area contributed by atoms with Crippen molar-refractivity contribution in [1.82, 2.24) is 10.5 Å². The van der Waals surface area contributed by atoms with E-state index in [9.17, 15) is 0 Å². The third kappa shape index (κ3) is 3.56. The molecular weight excluding hydrogens is 204 g/mol. The molecule has 0 aliphatic rings. The first-order valence-corrected chi connectivity index (χ1v) is 5.46. The average molecular weight is 224 g/mol. The Morgan fingerprint density at radius 2 is 2.19 bits per heavy atom. The molecule has 0 radical (unpaired) electrons. The molecule has 1 rings (SSSR count). The second-order valence-corrected chi connectivity index (χ2v) is 4.28. The fraction of sp³-hybridized carbons (Fsp3) is 0.636. The van der Waals surface area contributed by atoms with Gasteiger partial charge in [0.25, 0.3) is 0 Å². The second kappa shape index (κ2) is 5.53. The largest absolute Gasteiger partial charge is 0.370 e. The summed E-state index contributed by atoms with van der Waals surface area (Å²) in [6, 6.07) is 0. The minimum Gasteiger partial charge on any atom is -0.370 e. The lowest BCUT2D eigenvalue weighted by Crippen LogP contribution is -2.34. The summed E-state index contributed by atoms with van der Waals surface area (Å²) in [6.07, 6.45) is 0. The molecule has 0 amide bonds. The SMILES string of the molecule is Cc1noc(C)c1CN=C(N)NCC(C)C. The van der Waals surface area contributed by atoms with Crippen molar-refractivity contribution in [3.63, 3.8) is 0 Å². The van der Waals surface area contributed by atoms with Crippen molar-refractivity contribution in [1.29, 1.82) is 0 Å². The third-order valence-corrected chi connectivity index (χ3v) is 2.28. The molecule has 1 aromatic rings. The Balaban J connectivity index is 2.52. The lowest BCUT2D eigenvalue weighted by Gasteiger charge is -2.07. The first-order chi connectivity index (χ1) is 7.50. The van der Waals surface area contributed by atoms with Gasteiger partial charge in [0.1, 0.15) is 5.76 Å². The molecule has 5 heteroatoms. The van der Waals surface area contributed by atoms with Gasteiger partial charge in [-0.15, -0.1) is 0 Å². The van der Waals surface area contributed by atoms with Crippen LogP contribution in [0.25, 0.3) is 0 Å².